The minimum absolute atomic E-state index is 0.121. The van der Waals surface area contributed by atoms with Crippen LogP contribution in [0.2, 0.25) is 0 Å². The van der Waals surface area contributed by atoms with E-state index in [1.54, 1.807) is 0 Å². The summed E-state index contributed by atoms with van der Waals surface area (Å²) in [6.45, 7) is 7.12. The lowest BCUT2D eigenvalue weighted by molar-refractivity contribution is 0.0650. The fourth-order valence-electron chi connectivity index (χ4n) is 3.74. The predicted molar refractivity (Wildman–Crippen MR) is 88.8 cm³/mol. The maximum absolute atomic E-state index is 12.8. The molecule has 0 atom stereocenters. The molecule has 1 spiro atoms. The number of likely N-dealkylation sites (tertiary alicyclic amines) is 1. The number of nitrogens with zero attached hydrogens (tertiary/aromatic N) is 3. The fourth-order valence-corrected chi connectivity index (χ4v) is 4.23. The van der Waals surface area contributed by atoms with Crippen molar-refractivity contribution in [3.05, 3.63) is 15.9 Å². The van der Waals surface area contributed by atoms with Gasteiger partial charge in [-0.15, -0.1) is 0 Å². The van der Waals surface area contributed by atoms with Crippen LogP contribution >= 0.6 is 15.9 Å². The van der Waals surface area contributed by atoms with Crippen LogP contribution in [0.3, 0.4) is 0 Å². The van der Waals surface area contributed by atoms with Crippen LogP contribution in [-0.4, -0.2) is 44.8 Å². The molecule has 6 nitrogen and oxygen atoms in total. The van der Waals surface area contributed by atoms with Crippen molar-refractivity contribution in [2.24, 2.45) is 5.41 Å². The number of hydrogen-bond donors (Lipinski definition) is 1. The van der Waals surface area contributed by atoms with Crippen molar-refractivity contribution in [2.45, 2.75) is 52.0 Å². The summed E-state index contributed by atoms with van der Waals surface area (Å²) in [6, 6.07) is 0. The quantitative estimate of drug-likeness (QED) is 0.745. The number of piperidine rings is 1. The zero-order valence-electron chi connectivity index (χ0n) is 13.7. The second-order valence-corrected chi connectivity index (χ2v) is 8.50. The van der Waals surface area contributed by atoms with Gasteiger partial charge in [0.25, 0.3) is 0 Å². The van der Waals surface area contributed by atoms with E-state index in [2.05, 4.69) is 21.0 Å². The summed E-state index contributed by atoms with van der Waals surface area (Å²) >= 11 is 3.52. The van der Waals surface area contributed by atoms with E-state index in [9.17, 15) is 9.59 Å². The van der Waals surface area contributed by atoms with Crippen LogP contribution in [0.5, 0.6) is 0 Å². The Labute approximate surface area is 144 Å². The molecule has 1 aromatic rings. The zero-order valence-corrected chi connectivity index (χ0v) is 15.3. The molecule has 2 aliphatic rings. The van der Waals surface area contributed by atoms with Gasteiger partial charge in [-0.3, -0.25) is 9.48 Å². The molecule has 0 bridgehead atoms. The van der Waals surface area contributed by atoms with Gasteiger partial charge < -0.3 is 10.0 Å². The fraction of sp³-hybridized carbons (Fsp3) is 0.688. The molecule has 1 fully saturated rings. The number of halogens is 1. The van der Waals surface area contributed by atoms with Crippen LogP contribution in [0.1, 0.15) is 56.1 Å². The molecule has 1 N–H and O–H groups in total. The van der Waals surface area contributed by atoms with Gasteiger partial charge in [-0.05, 0) is 61.4 Å². The van der Waals surface area contributed by atoms with Crippen molar-refractivity contribution in [3.8, 4) is 0 Å². The van der Waals surface area contributed by atoms with E-state index in [1.165, 1.54) is 4.90 Å². The minimum atomic E-state index is -0.871. The topological polar surface area (TPSA) is 75.4 Å². The third-order valence-electron chi connectivity index (χ3n) is 5.02. The van der Waals surface area contributed by atoms with Crippen molar-refractivity contribution < 1.29 is 14.7 Å². The molecule has 23 heavy (non-hydrogen) atoms. The molecule has 3 rings (SSSR count). The van der Waals surface area contributed by atoms with Crippen molar-refractivity contribution in [3.63, 3.8) is 0 Å². The minimum Gasteiger partial charge on any atom is -0.465 e. The highest BCUT2D eigenvalue weighted by atomic mass is 79.9. The third kappa shape index (κ3) is 2.79. The lowest BCUT2D eigenvalue weighted by Gasteiger charge is -2.43. The molecule has 1 saturated heterocycles. The standard InChI is InChI=1S/C16H22BrN3O3/c1-15(2,3)20-12-10(13(17)18-20)8-16(9-11(12)21)4-6-19(7-5-16)14(22)23/h4-9H2,1-3H3,(H,22,23). The normalized spacial score (nSPS) is 20.7. The Morgan fingerprint density at radius 3 is 2.39 bits per heavy atom. The highest BCUT2D eigenvalue weighted by Crippen LogP contribution is 2.45. The molecular formula is C16H22BrN3O3. The van der Waals surface area contributed by atoms with Gasteiger partial charge in [-0.1, -0.05) is 0 Å². The van der Waals surface area contributed by atoms with E-state index >= 15 is 0 Å². The zero-order chi connectivity index (χ0) is 17.0. The summed E-state index contributed by atoms with van der Waals surface area (Å²) < 4.78 is 2.57. The number of rotatable bonds is 0. The van der Waals surface area contributed by atoms with Crippen molar-refractivity contribution >= 4 is 27.8 Å². The number of carboxylic acid groups (broad SMARTS) is 1. The summed E-state index contributed by atoms with van der Waals surface area (Å²) in [6.07, 6.45) is 1.87. The van der Waals surface area contributed by atoms with Gasteiger partial charge in [-0.2, -0.15) is 5.10 Å². The summed E-state index contributed by atoms with van der Waals surface area (Å²) in [5.74, 6) is 0.128. The summed E-state index contributed by atoms with van der Waals surface area (Å²) in [5.41, 5.74) is 1.34. The number of ketones is 1. The van der Waals surface area contributed by atoms with Crippen LogP contribution in [0.15, 0.2) is 4.60 Å². The Hall–Kier alpha value is -1.37. The van der Waals surface area contributed by atoms with E-state index in [0.29, 0.717) is 19.5 Å². The predicted octanol–water partition coefficient (Wildman–Crippen LogP) is 3.29. The Morgan fingerprint density at radius 2 is 1.87 bits per heavy atom. The van der Waals surface area contributed by atoms with Crippen molar-refractivity contribution in [1.82, 2.24) is 14.7 Å². The van der Waals surface area contributed by atoms with Gasteiger partial charge in [0.2, 0.25) is 0 Å². The van der Waals surface area contributed by atoms with E-state index in [4.69, 9.17) is 5.11 Å². The van der Waals surface area contributed by atoms with Gasteiger partial charge in [0.1, 0.15) is 10.3 Å². The van der Waals surface area contributed by atoms with Crippen LogP contribution < -0.4 is 0 Å². The van der Waals surface area contributed by atoms with Crippen LogP contribution in [-0.2, 0) is 12.0 Å². The Kier molecular flexibility index (Phi) is 3.82. The summed E-state index contributed by atoms with van der Waals surface area (Å²) in [7, 11) is 0. The molecule has 0 aromatic carbocycles. The largest absolute Gasteiger partial charge is 0.465 e. The lowest BCUT2D eigenvalue weighted by Crippen LogP contribution is -2.46. The smallest absolute Gasteiger partial charge is 0.407 e. The number of carbonyl (C=O) groups excluding carboxylic acids is 1. The Bertz CT molecular complexity index is 667. The number of carbonyl (C=O) groups is 2. The van der Waals surface area contributed by atoms with Gasteiger partial charge in [0.15, 0.2) is 5.78 Å². The Balaban J connectivity index is 1.92. The second kappa shape index (κ2) is 5.33. The molecule has 0 radical (unpaired) electrons. The van der Waals surface area contributed by atoms with Gasteiger partial charge in [-0.25, -0.2) is 4.79 Å². The van der Waals surface area contributed by atoms with Gasteiger partial charge >= 0.3 is 6.09 Å². The van der Waals surface area contributed by atoms with E-state index in [-0.39, 0.29) is 16.7 Å². The molecule has 2 heterocycles. The molecule has 1 aliphatic heterocycles. The molecule has 1 amide bonds. The molecule has 0 saturated carbocycles. The van der Waals surface area contributed by atoms with Gasteiger partial charge in [0, 0.05) is 25.1 Å². The lowest BCUT2D eigenvalue weighted by atomic mass is 9.67. The number of hydrogen-bond acceptors (Lipinski definition) is 3. The average molecular weight is 384 g/mol. The van der Waals surface area contributed by atoms with E-state index < -0.39 is 6.09 Å². The third-order valence-corrected chi connectivity index (χ3v) is 5.65. The first kappa shape index (κ1) is 16.5. The van der Waals surface area contributed by atoms with Gasteiger partial charge in [0.05, 0.1) is 5.54 Å². The second-order valence-electron chi connectivity index (χ2n) is 7.75. The van der Waals surface area contributed by atoms with Crippen LogP contribution in [0, 0.1) is 5.41 Å². The molecule has 1 aromatic heterocycles. The molecule has 1 aliphatic carbocycles. The first-order valence-corrected chi connectivity index (χ1v) is 8.71. The van der Waals surface area contributed by atoms with Crippen LogP contribution in [0.4, 0.5) is 4.79 Å². The maximum Gasteiger partial charge on any atom is 0.407 e. The molecule has 7 heteroatoms. The highest BCUT2D eigenvalue weighted by molar-refractivity contribution is 9.10. The summed E-state index contributed by atoms with van der Waals surface area (Å²) in [5, 5.41) is 13.7. The van der Waals surface area contributed by atoms with Crippen molar-refractivity contribution in [2.75, 3.05) is 13.1 Å². The molecule has 126 valence electrons. The Morgan fingerprint density at radius 1 is 1.26 bits per heavy atom. The first-order chi connectivity index (χ1) is 10.6. The van der Waals surface area contributed by atoms with Crippen molar-refractivity contribution in [1.29, 1.82) is 0 Å². The average Bonchev–Trinajstić information content (AvgIpc) is 2.77. The maximum atomic E-state index is 12.8. The number of aromatic nitrogens is 2. The van der Waals surface area contributed by atoms with E-state index in [1.807, 2.05) is 25.5 Å². The van der Waals surface area contributed by atoms with E-state index in [0.717, 1.165) is 35.1 Å². The monoisotopic (exact) mass is 383 g/mol. The van der Waals surface area contributed by atoms with Crippen LogP contribution in [0.25, 0.3) is 0 Å². The number of Topliss-reactive ketones (excluding diaryl/α,β-unsaturated/α-hetero) is 1. The number of fused-ring (bicyclic) bond motifs is 1. The SMILES string of the molecule is CC(C)(C)n1nc(Br)c2c1C(=O)CC1(CCN(C(=O)O)CC1)C2. The number of amides is 1. The molecule has 0 unspecified atom stereocenters. The highest BCUT2D eigenvalue weighted by Gasteiger charge is 2.45. The summed E-state index contributed by atoms with van der Waals surface area (Å²) in [4.78, 5) is 25.4. The molecular weight excluding hydrogens is 362 g/mol. The first-order valence-electron chi connectivity index (χ1n) is 7.92.